The Morgan fingerprint density at radius 1 is 1.15 bits per heavy atom. The quantitative estimate of drug-likeness (QED) is 0.704. The predicted molar refractivity (Wildman–Crippen MR) is 104 cm³/mol. The number of sulfonamides is 1. The van der Waals surface area contributed by atoms with Gasteiger partial charge in [-0.1, -0.05) is 0 Å². The summed E-state index contributed by atoms with van der Waals surface area (Å²) in [6.07, 6.45) is 2.04. The van der Waals surface area contributed by atoms with Gasteiger partial charge in [0, 0.05) is 17.8 Å². The molecule has 1 fully saturated rings. The SMILES string of the molecule is CN(c1ccc2sc(C(=O)NC3CC3)cc2c1)S(=O)(=O)c1ccc(F)cc1. The Bertz CT molecular complexity index is 1120. The van der Waals surface area contributed by atoms with Crippen molar-refractivity contribution in [2.45, 2.75) is 23.8 Å². The van der Waals surface area contributed by atoms with E-state index in [0.717, 1.165) is 39.4 Å². The second-order valence-corrected chi connectivity index (χ2v) is 9.56. The molecule has 0 saturated heterocycles. The molecule has 1 N–H and O–H groups in total. The van der Waals surface area contributed by atoms with E-state index in [-0.39, 0.29) is 16.8 Å². The van der Waals surface area contributed by atoms with E-state index in [1.54, 1.807) is 24.3 Å². The predicted octanol–water partition coefficient (Wildman–Crippen LogP) is 3.76. The van der Waals surface area contributed by atoms with Crippen LogP contribution in [0, 0.1) is 5.82 Å². The number of thiophene rings is 1. The number of halogens is 1. The van der Waals surface area contributed by atoms with E-state index in [1.165, 1.54) is 30.5 Å². The van der Waals surface area contributed by atoms with Gasteiger partial charge in [-0.25, -0.2) is 12.8 Å². The van der Waals surface area contributed by atoms with Crippen LogP contribution in [0.3, 0.4) is 0 Å². The molecule has 0 atom stereocenters. The number of nitrogens with zero attached hydrogens (tertiary/aromatic N) is 1. The number of nitrogens with one attached hydrogen (secondary N) is 1. The van der Waals surface area contributed by atoms with Crippen LogP contribution >= 0.6 is 11.3 Å². The average molecular weight is 404 g/mol. The van der Waals surface area contributed by atoms with Crippen molar-refractivity contribution in [1.82, 2.24) is 5.32 Å². The van der Waals surface area contributed by atoms with Crippen LogP contribution in [0.4, 0.5) is 10.1 Å². The summed E-state index contributed by atoms with van der Waals surface area (Å²) in [5.41, 5.74) is 0.471. The summed E-state index contributed by atoms with van der Waals surface area (Å²) >= 11 is 1.38. The highest BCUT2D eigenvalue weighted by Crippen LogP contribution is 2.31. The minimum Gasteiger partial charge on any atom is -0.349 e. The largest absolute Gasteiger partial charge is 0.349 e. The first-order valence-electron chi connectivity index (χ1n) is 8.43. The average Bonchev–Trinajstić information content (AvgIpc) is 3.35. The molecule has 8 heteroatoms. The molecule has 1 heterocycles. The minimum absolute atomic E-state index is 0.0151. The molecule has 5 nitrogen and oxygen atoms in total. The Morgan fingerprint density at radius 2 is 1.85 bits per heavy atom. The molecule has 0 unspecified atom stereocenters. The summed E-state index contributed by atoms with van der Waals surface area (Å²) in [5, 5.41) is 3.76. The first-order chi connectivity index (χ1) is 12.8. The van der Waals surface area contributed by atoms with Crippen molar-refractivity contribution in [3.8, 4) is 0 Å². The number of carbonyl (C=O) groups is 1. The molecular weight excluding hydrogens is 387 g/mol. The zero-order valence-electron chi connectivity index (χ0n) is 14.5. The van der Waals surface area contributed by atoms with E-state index in [4.69, 9.17) is 0 Å². The van der Waals surface area contributed by atoms with Gasteiger partial charge in [-0.15, -0.1) is 11.3 Å². The molecule has 1 saturated carbocycles. The molecule has 2 aromatic carbocycles. The van der Waals surface area contributed by atoms with Gasteiger partial charge in [-0.2, -0.15) is 0 Å². The topological polar surface area (TPSA) is 66.5 Å². The highest BCUT2D eigenvalue weighted by molar-refractivity contribution is 7.92. The van der Waals surface area contributed by atoms with Crippen LogP contribution < -0.4 is 9.62 Å². The van der Waals surface area contributed by atoms with Gasteiger partial charge in [0.2, 0.25) is 0 Å². The normalized spacial score (nSPS) is 14.3. The van der Waals surface area contributed by atoms with Crippen molar-refractivity contribution < 1.29 is 17.6 Å². The molecule has 27 heavy (non-hydrogen) atoms. The number of rotatable bonds is 5. The van der Waals surface area contributed by atoms with E-state index in [9.17, 15) is 17.6 Å². The lowest BCUT2D eigenvalue weighted by Gasteiger charge is -2.19. The third-order valence-electron chi connectivity index (χ3n) is 4.47. The van der Waals surface area contributed by atoms with Gasteiger partial charge < -0.3 is 5.32 Å². The Morgan fingerprint density at radius 3 is 2.52 bits per heavy atom. The van der Waals surface area contributed by atoms with Crippen LogP contribution in [0.15, 0.2) is 53.4 Å². The minimum atomic E-state index is -3.80. The van der Waals surface area contributed by atoms with Crippen molar-refractivity contribution in [2.24, 2.45) is 0 Å². The molecule has 1 aliphatic carbocycles. The van der Waals surface area contributed by atoms with Crippen LogP contribution in [-0.4, -0.2) is 27.4 Å². The summed E-state index contributed by atoms with van der Waals surface area (Å²) < 4.78 is 40.7. The Kier molecular flexibility index (Phi) is 4.39. The lowest BCUT2D eigenvalue weighted by Crippen LogP contribution is -2.26. The van der Waals surface area contributed by atoms with Crippen LogP contribution in [0.2, 0.25) is 0 Å². The van der Waals surface area contributed by atoms with Gasteiger partial charge in [-0.05, 0) is 66.8 Å². The number of anilines is 1. The maximum atomic E-state index is 13.1. The number of carbonyl (C=O) groups excluding carboxylic acids is 1. The Balaban J connectivity index is 1.64. The zero-order chi connectivity index (χ0) is 19.2. The third kappa shape index (κ3) is 3.54. The van der Waals surface area contributed by atoms with Crippen LogP contribution in [0.1, 0.15) is 22.5 Å². The molecule has 0 spiro atoms. The standard InChI is InChI=1S/C19H17FN2O3S2/c1-22(27(24,25)16-7-2-13(20)3-8-16)15-6-9-17-12(10-15)11-18(26-17)19(23)21-14-4-5-14/h2-3,6-11,14H,4-5H2,1H3,(H,21,23). The van der Waals surface area contributed by atoms with Gasteiger partial charge in [0.25, 0.3) is 15.9 Å². The number of fused-ring (bicyclic) bond motifs is 1. The van der Waals surface area contributed by atoms with Crippen LogP contribution in [0.5, 0.6) is 0 Å². The summed E-state index contributed by atoms with van der Waals surface area (Å²) in [7, 11) is -2.35. The smallest absolute Gasteiger partial charge is 0.264 e. The van der Waals surface area contributed by atoms with Crippen molar-refractivity contribution in [3.05, 3.63) is 59.2 Å². The number of benzene rings is 2. The van der Waals surface area contributed by atoms with E-state index >= 15 is 0 Å². The molecule has 140 valence electrons. The monoisotopic (exact) mass is 404 g/mol. The third-order valence-corrected chi connectivity index (χ3v) is 7.39. The molecule has 1 aromatic heterocycles. The summed E-state index contributed by atoms with van der Waals surface area (Å²) in [4.78, 5) is 12.8. The van der Waals surface area contributed by atoms with Crippen LogP contribution in [0.25, 0.3) is 10.1 Å². The van der Waals surface area contributed by atoms with Crippen molar-refractivity contribution in [1.29, 1.82) is 0 Å². The molecule has 0 bridgehead atoms. The fourth-order valence-electron chi connectivity index (χ4n) is 2.73. The van der Waals surface area contributed by atoms with E-state index < -0.39 is 15.8 Å². The van der Waals surface area contributed by atoms with Gasteiger partial charge in [0.15, 0.2) is 0 Å². The summed E-state index contributed by atoms with van der Waals surface area (Å²) in [6.45, 7) is 0. The molecular formula is C19H17FN2O3S2. The van der Waals surface area contributed by atoms with Gasteiger partial charge in [0.05, 0.1) is 15.5 Å². The summed E-state index contributed by atoms with van der Waals surface area (Å²) in [6, 6.07) is 12.0. The lowest BCUT2D eigenvalue weighted by atomic mass is 10.2. The molecule has 1 aliphatic rings. The number of amides is 1. The zero-order valence-corrected chi connectivity index (χ0v) is 16.1. The van der Waals surface area contributed by atoms with Crippen LogP contribution in [-0.2, 0) is 10.0 Å². The fourth-order valence-corrected chi connectivity index (χ4v) is 4.86. The highest BCUT2D eigenvalue weighted by Gasteiger charge is 2.25. The highest BCUT2D eigenvalue weighted by atomic mass is 32.2. The fraction of sp³-hybridized carbons (Fsp3) is 0.211. The maximum Gasteiger partial charge on any atom is 0.264 e. The van der Waals surface area contributed by atoms with E-state index in [2.05, 4.69) is 5.32 Å². The Labute approximate surface area is 160 Å². The first-order valence-corrected chi connectivity index (χ1v) is 10.7. The van der Waals surface area contributed by atoms with Gasteiger partial charge in [0.1, 0.15) is 5.82 Å². The van der Waals surface area contributed by atoms with Crippen molar-refractivity contribution >= 4 is 43.0 Å². The maximum absolute atomic E-state index is 13.1. The van der Waals surface area contributed by atoms with E-state index in [1.807, 2.05) is 0 Å². The first kappa shape index (κ1) is 17.9. The second kappa shape index (κ2) is 6.61. The van der Waals surface area contributed by atoms with Gasteiger partial charge in [-0.3, -0.25) is 9.10 Å². The number of hydrogen-bond acceptors (Lipinski definition) is 4. The second-order valence-electron chi connectivity index (χ2n) is 6.51. The lowest BCUT2D eigenvalue weighted by molar-refractivity contribution is 0.0955. The number of hydrogen-bond donors (Lipinski definition) is 1. The molecule has 4 rings (SSSR count). The van der Waals surface area contributed by atoms with E-state index in [0.29, 0.717) is 10.6 Å². The molecule has 3 aromatic rings. The molecule has 0 aliphatic heterocycles. The Hall–Kier alpha value is -2.45. The molecule has 1 amide bonds. The van der Waals surface area contributed by atoms with Crippen molar-refractivity contribution in [3.63, 3.8) is 0 Å². The van der Waals surface area contributed by atoms with Gasteiger partial charge >= 0.3 is 0 Å². The summed E-state index contributed by atoms with van der Waals surface area (Å²) in [5.74, 6) is -0.583. The molecule has 0 radical (unpaired) electrons. The van der Waals surface area contributed by atoms with Crippen molar-refractivity contribution in [2.75, 3.05) is 11.4 Å².